The number of hydrogen-bond donors (Lipinski definition) is 2. The number of hydrogen-bond acceptors (Lipinski definition) is 6. The summed E-state index contributed by atoms with van der Waals surface area (Å²) in [6, 6.07) is 15.2. The Hall–Kier alpha value is -3.65. The third-order valence-electron chi connectivity index (χ3n) is 8.30. The van der Waals surface area contributed by atoms with Crippen LogP contribution in [0.2, 0.25) is 0 Å². The van der Waals surface area contributed by atoms with E-state index in [4.69, 9.17) is 4.74 Å². The Balaban J connectivity index is 1.73. The molecule has 1 saturated heterocycles. The van der Waals surface area contributed by atoms with Crippen molar-refractivity contribution in [1.29, 1.82) is 0 Å². The molecule has 4 rings (SSSR count). The average Bonchev–Trinajstić information content (AvgIpc) is 3.27. The van der Waals surface area contributed by atoms with Crippen molar-refractivity contribution < 1.29 is 24.2 Å². The molecule has 0 unspecified atom stereocenters. The molecule has 1 aliphatic carbocycles. The van der Waals surface area contributed by atoms with E-state index in [-0.39, 0.29) is 30.9 Å². The number of anilines is 2. The summed E-state index contributed by atoms with van der Waals surface area (Å²) in [5.74, 6) is -3.26. The van der Waals surface area contributed by atoms with Gasteiger partial charge < -0.3 is 25.0 Å². The van der Waals surface area contributed by atoms with Crippen molar-refractivity contribution in [2.24, 2.45) is 23.7 Å². The van der Waals surface area contributed by atoms with Gasteiger partial charge in [-0.3, -0.25) is 14.4 Å². The number of allylic oxidation sites excluding steroid dienone is 1. The molecule has 214 valence electrons. The number of ether oxygens (including phenoxy) is 1. The number of amides is 2. The van der Waals surface area contributed by atoms with Gasteiger partial charge in [-0.1, -0.05) is 49.4 Å². The molecule has 1 aliphatic heterocycles. The number of carbonyl (C=O) groups is 3. The van der Waals surface area contributed by atoms with Crippen LogP contribution in [-0.4, -0.2) is 60.1 Å². The Morgan fingerprint density at radius 1 is 1.00 bits per heavy atom. The lowest BCUT2D eigenvalue weighted by Gasteiger charge is -2.34. The molecule has 8 heteroatoms. The molecule has 0 spiro atoms. The van der Waals surface area contributed by atoms with Crippen LogP contribution in [0.25, 0.3) is 0 Å². The monoisotopic (exact) mass is 547 g/mol. The van der Waals surface area contributed by atoms with Crippen LogP contribution in [0.3, 0.4) is 0 Å². The van der Waals surface area contributed by atoms with E-state index < -0.39 is 35.8 Å². The zero-order valence-corrected chi connectivity index (χ0v) is 23.8. The molecule has 40 heavy (non-hydrogen) atoms. The number of benzene rings is 2. The van der Waals surface area contributed by atoms with Gasteiger partial charge in [-0.2, -0.15) is 0 Å². The van der Waals surface area contributed by atoms with Gasteiger partial charge >= 0.3 is 5.97 Å². The summed E-state index contributed by atoms with van der Waals surface area (Å²) in [5.41, 5.74) is 2.40. The highest BCUT2D eigenvalue weighted by molar-refractivity contribution is 6.02. The number of nitrogens with zero attached hydrogens (tertiary/aromatic N) is 2. The largest absolute Gasteiger partial charge is 0.466 e. The number of rotatable bonds is 11. The lowest BCUT2D eigenvalue weighted by Crippen LogP contribution is -2.46. The number of aliphatic hydroxyl groups is 1. The van der Waals surface area contributed by atoms with Crippen molar-refractivity contribution in [2.75, 3.05) is 36.5 Å². The van der Waals surface area contributed by atoms with Gasteiger partial charge in [0.1, 0.15) is 6.04 Å². The van der Waals surface area contributed by atoms with Crippen molar-refractivity contribution in [2.45, 2.75) is 46.2 Å². The van der Waals surface area contributed by atoms with E-state index in [0.29, 0.717) is 12.1 Å². The van der Waals surface area contributed by atoms with E-state index in [0.717, 1.165) is 24.3 Å². The Morgan fingerprint density at radius 2 is 1.68 bits per heavy atom. The molecule has 0 aromatic heterocycles. The number of likely N-dealkylation sites (tertiary alicyclic amines) is 1. The summed E-state index contributed by atoms with van der Waals surface area (Å²) < 4.78 is 5.42. The third kappa shape index (κ3) is 5.63. The van der Waals surface area contributed by atoms with Gasteiger partial charge in [0.25, 0.3) is 0 Å². The molecule has 2 aliphatic rings. The van der Waals surface area contributed by atoms with Crippen molar-refractivity contribution in [3.8, 4) is 0 Å². The molecule has 6 atom stereocenters. The highest BCUT2D eigenvalue weighted by Gasteiger charge is 2.59. The predicted molar refractivity (Wildman–Crippen MR) is 156 cm³/mol. The molecular weight excluding hydrogens is 506 g/mol. The van der Waals surface area contributed by atoms with E-state index in [1.54, 1.807) is 6.92 Å². The average molecular weight is 548 g/mol. The van der Waals surface area contributed by atoms with Crippen LogP contribution in [0.15, 0.2) is 66.7 Å². The van der Waals surface area contributed by atoms with Crippen molar-refractivity contribution >= 4 is 29.2 Å². The minimum Gasteiger partial charge on any atom is -0.466 e. The topological polar surface area (TPSA) is 99.2 Å². The summed E-state index contributed by atoms with van der Waals surface area (Å²) >= 11 is 0. The van der Waals surface area contributed by atoms with Crippen LogP contribution in [0.5, 0.6) is 0 Å². The van der Waals surface area contributed by atoms with E-state index in [2.05, 4.69) is 24.1 Å². The maximum Gasteiger partial charge on any atom is 0.310 e. The summed E-state index contributed by atoms with van der Waals surface area (Å²) in [5, 5.41) is 13.5. The zero-order chi connectivity index (χ0) is 28.8. The molecule has 0 bridgehead atoms. The van der Waals surface area contributed by atoms with E-state index in [9.17, 15) is 19.5 Å². The van der Waals surface area contributed by atoms with Gasteiger partial charge in [0.2, 0.25) is 11.8 Å². The van der Waals surface area contributed by atoms with Crippen LogP contribution in [0.1, 0.15) is 45.7 Å². The summed E-state index contributed by atoms with van der Waals surface area (Å²) in [6.07, 6.45) is 4.53. The first kappa shape index (κ1) is 29.3. The molecule has 8 nitrogen and oxygen atoms in total. The van der Waals surface area contributed by atoms with E-state index in [1.807, 2.05) is 73.7 Å². The second-order valence-corrected chi connectivity index (χ2v) is 10.3. The maximum absolute atomic E-state index is 14.2. The molecule has 1 fully saturated rings. The van der Waals surface area contributed by atoms with Crippen molar-refractivity contribution in [3.05, 3.63) is 72.3 Å². The molecule has 0 radical (unpaired) electrons. The highest BCUT2D eigenvalue weighted by atomic mass is 16.5. The number of fused-ring (bicyclic) bond motifs is 1. The minimum atomic E-state index is -0.914. The fourth-order valence-electron chi connectivity index (χ4n) is 6.32. The Labute approximate surface area is 237 Å². The molecule has 0 saturated carbocycles. The van der Waals surface area contributed by atoms with Gasteiger partial charge in [0.15, 0.2) is 0 Å². The van der Waals surface area contributed by atoms with Crippen molar-refractivity contribution in [3.63, 3.8) is 0 Å². The quantitative estimate of drug-likeness (QED) is 0.319. The predicted octanol–water partition coefficient (Wildman–Crippen LogP) is 4.42. The molecule has 2 aromatic carbocycles. The Morgan fingerprint density at radius 3 is 2.25 bits per heavy atom. The molecule has 2 amide bonds. The summed E-state index contributed by atoms with van der Waals surface area (Å²) in [4.78, 5) is 45.2. The minimum absolute atomic E-state index is 0.176. The molecular formula is C32H41N3O5. The molecule has 2 N–H and O–H groups in total. The van der Waals surface area contributed by atoms with Gasteiger partial charge in [-0.15, -0.1) is 0 Å². The Bertz CT molecular complexity index is 1190. The van der Waals surface area contributed by atoms with Gasteiger partial charge in [-0.25, -0.2) is 0 Å². The number of aliphatic hydroxyl groups excluding tert-OH is 1. The van der Waals surface area contributed by atoms with E-state index in [1.165, 1.54) is 4.90 Å². The standard InChI is InChI=1S/C32H41N3O5/c1-5-21-14-19-25-28(27(21)32(39)40-8-4)31(38)35(26(20-36)22-12-10-9-11-13-22)29(25)30(37)33-23-15-17-24(18-16-23)34(6-2)7-3/h9-19,21,25-29,36H,5-8,20H2,1-4H3,(H,33,37)/t21-,25+,26-,27-,28+,29+/m1/s1. The highest BCUT2D eigenvalue weighted by Crippen LogP contribution is 2.48. The van der Waals surface area contributed by atoms with Gasteiger partial charge in [-0.05, 0) is 62.9 Å². The first-order valence-electron chi connectivity index (χ1n) is 14.4. The molecule has 1 heterocycles. The lowest BCUT2D eigenvalue weighted by molar-refractivity contribution is -0.156. The zero-order valence-electron chi connectivity index (χ0n) is 23.8. The first-order chi connectivity index (χ1) is 19.4. The normalized spacial score (nSPS) is 24.4. The summed E-state index contributed by atoms with van der Waals surface area (Å²) in [7, 11) is 0. The second kappa shape index (κ2) is 13.1. The number of carbonyl (C=O) groups excluding carboxylic acids is 3. The smallest absolute Gasteiger partial charge is 0.310 e. The van der Waals surface area contributed by atoms with Crippen LogP contribution in [0.4, 0.5) is 11.4 Å². The van der Waals surface area contributed by atoms with Crippen molar-refractivity contribution in [1.82, 2.24) is 4.90 Å². The van der Waals surface area contributed by atoms with E-state index >= 15 is 0 Å². The molecule has 2 aromatic rings. The SMILES string of the molecule is CCOC(=O)[C@H]1[C@H]2C(=O)N([C@H](CO)c3ccccc3)[C@H](C(=O)Nc3ccc(N(CC)CC)cc3)[C@H]2C=C[C@H]1CC. The number of nitrogens with one attached hydrogen (secondary N) is 1. The van der Waals surface area contributed by atoms with Gasteiger partial charge in [0, 0.05) is 30.4 Å². The van der Waals surface area contributed by atoms with Crippen LogP contribution < -0.4 is 10.2 Å². The Kier molecular flexibility index (Phi) is 9.63. The van der Waals surface area contributed by atoms with Crippen LogP contribution in [-0.2, 0) is 19.1 Å². The van der Waals surface area contributed by atoms with Gasteiger partial charge in [0.05, 0.1) is 31.1 Å². The number of esters is 1. The lowest BCUT2D eigenvalue weighted by atomic mass is 9.69. The summed E-state index contributed by atoms with van der Waals surface area (Å²) in [6.45, 7) is 9.51. The maximum atomic E-state index is 14.2. The fourth-order valence-corrected chi connectivity index (χ4v) is 6.32. The first-order valence-corrected chi connectivity index (χ1v) is 14.4. The second-order valence-electron chi connectivity index (χ2n) is 10.3. The fraction of sp³-hybridized carbons (Fsp3) is 0.469. The third-order valence-corrected chi connectivity index (χ3v) is 8.30. The van der Waals surface area contributed by atoms with Crippen LogP contribution >= 0.6 is 0 Å². The van der Waals surface area contributed by atoms with Crippen LogP contribution in [0, 0.1) is 23.7 Å².